The summed E-state index contributed by atoms with van der Waals surface area (Å²) < 4.78 is 5.44. The molecular formula is C14H20N2O2. The van der Waals surface area contributed by atoms with E-state index in [9.17, 15) is 4.79 Å². The molecule has 1 aromatic carbocycles. The van der Waals surface area contributed by atoms with Crippen LogP contribution in [0.2, 0.25) is 0 Å². The van der Waals surface area contributed by atoms with Gasteiger partial charge in [0.1, 0.15) is 0 Å². The van der Waals surface area contributed by atoms with Crippen LogP contribution in [0.3, 0.4) is 0 Å². The molecule has 4 heteroatoms. The normalized spacial score (nSPS) is 18.6. The van der Waals surface area contributed by atoms with Crippen molar-refractivity contribution < 1.29 is 9.53 Å². The Kier molecular flexibility index (Phi) is 4.59. The van der Waals surface area contributed by atoms with Crippen molar-refractivity contribution in [3.8, 4) is 0 Å². The van der Waals surface area contributed by atoms with Gasteiger partial charge in [-0.25, -0.2) is 4.79 Å². The molecule has 0 saturated carbocycles. The Morgan fingerprint density at radius 2 is 2.33 bits per heavy atom. The molecule has 18 heavy (non-hydrogen) atoms. The molecule has 0 bridgehead atoms. The predicted octanol–water partition coefficient (Wildman–Crippen LogP) is 1.97. The molecule has 0 aliphatic carbocycles. The average molecular weight is 248 g/mol. The topological polar surface area (TPSA) is 50.4 Å². The second-order valence-corrected chi connectivity index (χ2v) is 4.69. The summed E-state index contributed by atoms with van der Waals surface area (Å²) in [5.41, 5.74) is 2.32. The van der Waals surface area contributed by atoms with Gasteiger partial charge in [0.15, 0.2) is 0 Å². The first-order valence-electron chi connectivity index (χ1n) is 6.43. The Labute approximate surface area is 108 Å². The summed E-state index contributed by atoms with van der Waals surface area (Å²) in [5.74, 6) is 0. The molecule has 1 unspecified atom stereocenters. The number of hydrogen-bond acceptors (Lipinski definition) is 2. The second kappa shape index (κ2) is 6.40. The van der Waals surface area contributed by atoms with E-state index in [2.05, 4.69) is 16.7 Å². The molecule has 1 aromatic rings. The van der Waals surface area contributed by atoms with Crippen molar-refractivity contribution in [2.75, 3.05) is 13.2 Å². The number of carbonyl (C=O) groups excluding carboxylic acids is 1. The van der Waals surface area contributed by atoms with E-state index in [1.54, 1.807) is 0 Å². The van der Waals surface area contributed by atoms with Gasteiger partial charge in [0.2, 0.25) is 0 Å². The lowest BCUT2D eigenvalue weighted by Gasteiger charge is -2.11. The second-order valence-electron chi connectivity index (χ2n) is 4.69. The number of urea groups is 1. The highest BCUT2D eigenvalue weighted by molar-refractivity contribution is 5.73. The third-order valence-corrected chi connectivity index (χ3v) is 3.05. The number of benzene rings is 1. The summed E-state index contributed by atoms with van der Waals surface area (Å²) in [7, 11) is 0. The summed E-state index contributed by atoms with van der Waals surface area (Å²) in [6.07, 6.45) is 2.32. The first-order chi connectivity index (χ1) is 8.74. The maximum Gasteiger partial charge on any atom is 0.315 e. The molecule has 2 amide bonds. The Bertz CT molecular complexity index is 401. The molecule has 2 N–H and O–H groups in total. The molecule has 0 aromatic heterocycles. The summed E-state index contributed by atoms with van der Waals surface area (Å²) in [6, 6.07) is 7.98. The lowest BCUT2D eigenvalue weighted by molar-refractivity contribution is 0.111. The Morgan fingerprint density at radius 3 is 3.06 bits per heavy atom. The zero-order valence-corrected chi connectivity index (χ0v) is 10.7. The largest absolute Gasteiger partial charge is 0.376 e. The number of rotatable bonds is 4. The molecule has 1 heterocycles. The van der Waals surface area contributed by atoms with E-state index in [1.165, 1.54) is 5.56 Å². The van der Waals surface area contributed by atoms with Crippen LogP contribution in [-0.4, -0.2) is 25.3 Å². The highest BCUT2D eigenvalue weighted by Gasteiger charge is 2.15. The molecule has 2 rings (SSSR count). The molecular weight excluding hydrogens is 228 g/mol. The Balaban J connectivity index is 1.68. The van der Waals surface area contributed by atoms with Crippen LogP contribution in [0.25, 0.3) is 0 Å². The molecule has 4 nitrogen and oxygen atoms in total. The SMILES string of the molecule is Cc1cccc(CNC(=O)NCC2CCCO2)c1. The van der Waals surface area contributed by atoms with Crippen molar-refractivity contribution >= 4 is 6.03 Å². The molecule has 1 aliphatic heterocycles. The van der Waals surface area contributed by atoms with Crippen molar-refractivity contribution in [1.29, 1.82) is 0 Å². The van der Waals surface area contributed by atoms with Crippen LogP contribution >= 0.6 is 0 Å². The fourth-order valence-corrected chi connectivity index (χ4v) is 2.08. The van der Waals surface area contributed by atoms with E-state index >= 15 is 0 Å². The summed E-state index contributed by atoms with van der Waals surface area (Å²) in [5, 5.41) is 5.68. The highest BCUT2D eigenvalue weighted by Crippen LogP contribution is 2.10. The van der Waals surface area contributed by atoms with Crippen LogP contribution in [0.4, 0.5) is 4.79 Å². The highest BCUT2D eigenvalue weighted by atomic mass is 16.5. The van der Waals surface area contributed by atoms with Crippen LogP contribution in [0, 0.1) is 6.92 Å². The predicted molar refractivity (Wildman–Crippen MR) is 70.4 cm³/mol. The van der Waals surface area contributed by atoms with Gasteiger partial charge in [-0.1, -0.05) is 29.8 Å². The number of ether oxygens (including phenoxy) is 1. The minimum Gasteiger partial charge on any atom is -0.376 e. The monoisotopic (exact) mass is 248 g/mol. The molecule has 1 aliphatic rings. The standard InChI is InChI=1S/C14H20N2O2/c1-11-4-2-5-12(8-11)9-15-14(17)16-10-13-6-3-7-18-13/h2,4-5,8,13H,3,6-7,9-10H2,1H3,(H2,15,16,17). The molecule has 98 valence electrons. The number of nitrogens with one attached hydrogen (secondary N) is 2. The quantitative estimate of drug-likeness (QED) is 0.856. The van der Waals surface area contributed by atoms with Crippen molar-refractivity contribution in [2.45, 2.75) is 32.4 Å². The smallest absolute Gasteiger partial charge is 0.315 e. The number of aryl methyl sites for hydroxylation is 1. The Morgan fingerprint density at radius 1 is 1.44 bits per heavy atom. The van der Waals surface area contributed by atoms with Crippen LogP contribution in [0.5, 0.6) is 0 Å². The molecule has 0 radical (unpaired) electrons. The third kappa shape index (κ3) is 4.04. The van der Waals surface area contributed by atoms with Gasteiger partial charge in [-0.2, -0.15) is 0 Å². The average Bonchev–Trinajstić information content (AvgIpc) is 2.87. The first-order valence-corrected chi connectivity index (χ1v) is 6.43. The van der Waals surface area contributed by atoms with E-state index < -0.39 is 0 Å². The van der Waals surface area contributed by atoms with Gasteiger partial charge in [0, 0.05) is 19.7 Å². The van der Waals surface area contributed by atoms with Crippen molar-refractivity contribution in [3.63, 3.8) is 0 Å². The van der Waals surface area contributed by atoms with Gasteiger partial charge in [0.25, 0.3) is 0 Å². The van der Waals surface area contributed by atoms with Crippen LogP contribution in [-0.2, 0) is 11.3 Å². The van der Waals surface area contributed by atoms with Crippen LogP contribution in [0.15, 0.2) is 24.3 Å². The molecule has 1 saturated heterocycles. The van der Waals surface area contributed by atoms with Gasteiger partial charge in [0.05, 0.1) is 6.10 Å². The van der Waals surface area contributed by atoms with Crippen molar-refractivity contribution in [1.82, 2.24) is 10.6 Å². The first kappa shape index (κ1) is 12.9. The van der Waals surface area contributed by atoms with E-state index in [4.69, 9.17) is 4.74 Å². The van der Waals surface area contributed by atoms with Crippen molar-refractivity contribution in [2.24, 2.45) is 0 Å². The zero-order valence-electron chi connectivity index (χ0n) is 10.7. The van der Waals surface area contributed by atoms with Gasteiger partial charge in [-0.3, -0.25) is 0 Å². The van der Waals surface area contributed by atoms with Crippen LogP contribution in [0.1, 0.15) is 24.0 Å². The van der Waals surface area contributed by atoms with Gasteiger partial charge in [-0.05, 0) is 25.3 Å². The van der Waals surface area contributed by atoms with Gasteiger partial charge < -0.3 is 15.4 Å². The fourth-order valence-electron chi connectivity index (χ4n) is 2.08. The maximum atomic E-state index is 11.6. The molecule has 0 spiro atoms. The third-order valence-electron chi connectivity index (χ3n) is 3.05. The van der Waals surface area contributed by atoms with E-state index in [0.717, 1.165) is 25.0 Å². The lowest BCUT2D eigenvalue weighted by Crippen LogP contribution is -2.39. The van der Waals surface area contributed by atoms with E-state index in [1.807, 2.05) is 25.1 Å². The Hall–Kier alpha value is -1.55. The minimum atomic E-state index is -0.132. The minimum absolute atomic E-state index is 0.132. The molecule has 1 atom stereocenters. The van der Waals surface area contributed by atoms with E-state index in [-0.39, 0.29) is 12.1 Å². The summed E-state index contributed by atoms with van der Waals surface area (Å²) in [6.45, 7) is 4.01. The summed E-state index contributed by atoms with van der Waals surface area (Å²) >= 11 is 0. The number of carbonyl (C=O) groups is 1. The van der Waals surface area contributed by atoms with Gasteiger partial charge >= 0.3 is 6.03 Å². The fraction of sp³-hybridized carbons (Fsp3) is 0.500. The maximum absolute atomic E-state index is 11.6. The van der Waals surface area contributed by atoms with E-state index in [0.29, 0.717) is 13.1 Å². The number of amides is 2. The van der Waals surface area contributed by atoms with Gasteiger partial charge in [-0.15, -0.1) is 0 Å². The zero-order chi connectivity index (χ0) is 12.8. The van der Waals surface area contributed by atoms with Crippen molar-refractivity contribution in [3.05, 3.63) is 35.4 Å². The summed E-state index contributed by atoms with van der Waals surface area (Å²) in [4.78, 5) is 11.6. The molecule has 1 fully saturated rings. The number of hydrogen-bond donors (Lipinski definition) is 2. The van der Waals surface area contributed by atoms with Crippen LogP contribution < -0.4 is 10.6 Å². The lowest BCUT2D eigenvalue weighted by atomic mass is 10.1.